The molecular weight excluding hydrogens is 322 g/mol. The highest BCUT2D eigenvalue weighted by Gasteiger charge is 2.35. The molecular formula is C14H16BrN3O2. The highest BCUT2D eigenvalue weighted by Crippen LogP contribution is 2.35. The normalized spacial score (nSPS) is 22.9. The zero-order chi connectivity index (χ0) is 14.2. The molecule has 0 spiro atoms. The van der Waals surface area contributed by atoms with E-state index in [0.29, 0.717) is 17.4 Å². The van der Waals surface area contributed by atoms with Crippen molar-refractivity contribution >= 4 is 21.6 Å². The van der Waals surface area contributed by atoms with Crippen LogP contribution >= 0.6 is 15.9 Å². The number of nitrogen functional groups attached to an aromatic ring is 1. The van der Waals surface area contributed by atoms with Gasteiger partial charge in [-0.2, -0.15) is 4.98 Å². The maximum atomic E-state index is 6.03. The molecule has 1 unspecified atom stereocenters. The van der Waals surface area contributed by atoms with Gasteiger partial charge in [-0.05, 0) is 54.2 Å². The van der Waals surface area contributed by atoms with E-state index in [1.165, 1.54) is 0 Å². The van der Waals surface area contributed by atoms with Crippen LogP contribution in [0.15, 0.2) is 27.2 Å². The number of halogens is 1. The van der Waals surface area contributed by atoms with Gasteiger partial charge in [0.25, 0.3) is 5.89 Å². The molecule has 1 aromatic heterocycles. The highest BCUT2D eigenvalue weighted by molar-refractivity contribution is 9.10. The molecule has 6 heteroatoms. The summed E-state index contributed by atoms with van der Waals surface area (Å²) in [6.07, 6.45) is 3.10. The number of nitrogens with two attached hydrogens (primary N) is 1. The number of aromatic nitrogens is 2. The lowest BCUT2D eigenvalue weighted by Crippen LogP contribution is -2.31. The van der Waals surface area contributed by atoms with Crippen molar-refractivity contribution in [3.05, 3.63) is 28.5 Å². The van der Waals surface area contributed by atoms with E-state index < -0.39 is 5.60 Å². The van der Waals surface area contributed by atoms with E-state index >= 15 is 0 Å². The van der Waals surface area contributed by atoms with E-state index in [9.17, 15) is 0 Å². The second kappa shape index (κ2) is 5.18. The van der Waals surface area contributed by atoms with E-state index in [2.05, 4.69) is 26.1 Å². The molecule has 20 heavy (non-hydrogen) atoms. The quantitative estimate of drug-likeness (QED) is 0.849. The first-order chi connectivity index (χ1) is 9.60. The molecule has 106 valence electrons. The molecule has 0 amide bonds. The number of hydrogen-bond acceptors (Lipinski definition) is 5. The summed E-state index contributed by atoms with van der Waals surface area (Å²) in [4.78, 5) is 4.47. The molecule has 0 radical (unpaired) electrons. The van der Waals surface area contributed by atoms with Crippen molar-refractivity contribution in [2.24, 2.45) is 0 Å². The number of hydrogen-bond donors (Lipinski definition) is 1. The molecule has 2 heterocycles. The first-order valence-electron chi connectivity index (χ1n) is 6.63. The molecule has 1 atom stereocenters. The Kier molecular flexibility index (Phi) is 3.52. The van der Waals surface area contributed by atoms with Crippen molar-refractivity contribution in [2.45, 2.75) is 31.8 Å². The van der Waals surface area contributed by atoms with Gasteiger partial charge in [0, 0.05) is 11.1 Å². The third kappa shape index (κ3) is 2.33. The summed E-state index contributed by atoms with van der Waals surface area (Å²) in [5, 5.41) is 4.08. The molecule has 1 aromatic carbocycles. The zero-order valence-corrected chi connectivity index (χ0v) is 12.8. The molecule has 0 aliphatic carbocycles. The summed E-state index contributed by atoms with van der Waals surface area (Å²) in [5.41, 5.74) is 6.90. The van der Waals surface area contributed by atoms with Crippen molar-refractivity contribution in [3.63, 3.8) is 0 Å². The third-order valence-electron chi connectivity index (χ3n) is 3.65. The molecule has 0 bridgehead atoms. The molecule has 5 nitrogen and oxygen atoms in total. The van der Waals surface area contributed by atoms with Gasteiger partial charge in [0.05, 0.1) is 11.3 Å². The van der Waals surface area contributed by atoms with Crippen molar-refractivity contribution in [3.8, 4) is 11.5 Å². The van der Waals surface area contributed by atoms with Crippen LogP contribution in [0.2, 0.25) is 0 Å². The van der Waals surface area contributed by atoms with Gasteiger partial charge in [0.2, 0.25) is 5.82 Å². The van der Waals surface area contributed by atoms with Crippen molar-refractivity contribution in [1.29, 1.82) is 0 Å². The topological polar surface area (TPSA) is 74.2 Å². The van der Waals surface area contributed by atoms with Crippen molar-refractivity contribution < 1.29 is 9.26 Å². The predicted octanol–water partition coefficient (Wildman–Crippen LogP) is 3.50. The number of rotatable bonds is 2. The van der Waals surface area contributed by atoms with Gasteiger partial charge in [-0.15, -0.1) is 0 Å². The van der Waals surface area contributed by atoms with Gasteiger partial charge in [-0.25, -0.2) is 0 Å². The molecule has 1 aliphatic rings. The van der Waals surface area contributed by atoms with Crippen LogP contribution in [0.5, 0.6) is 0 Å². The third-order valence-corrected chi connectivity index (χ3v) is 4.34. The fraction of sp³-hybridized carbons (Fsp3) is 0.429. The van der Waals surface area contributed by atoms with E-state index in [-0.39, 0.29) is 0 Å². The Morgan fingerprint density at radius 1 is 1.35 bits per heavy atom. The summed E-state index contributed by atoms with van der Waals surface area (Å²) in [6.45, 7) is 2.74. The summed E-state index contributed by atoms with van der Waals surface area (Å²) < 4.78 is 12.0. The standard InChI is InChI=1S/C14H16BrN3O2/c1-14(7-2-3-8-19-14)13-17-12(20-18-13)9-5-4-6-10(15)11(9)16/h4-6H,2-3,7-8,16H2,1H3. The number of anilines is 1. The van der Waals surface area contributed by atoms with Gasteiger partial charge in [0.1, 0.15) is 5.60 Å². The Hall–Kier alpha value is -1.40. The summed E-state index contributed by atoms with van der Waals surface area (Å²) in [7, 11) is 0. The van der Waals surface area contributed by atoms with Crippen LogP contribution in [-0.2, 0) is 10.3 Å². The Bertz CT molecular complexity index is 621. The fourth-order valence-electron chi connectivity index (χ4n) is 2.38. The largest absolute Gasteiger partial charge is 0.397 e. The molecule has 0 saturated carbocycles. The van der Waals surface area contributed by atoms with Crippen LogP contribution in [0.4, 0.5) is 5.69 Å². The number of ether oxygens (including phenoxy) is 1. The maximum absolute atomic E-state index is 6.03. The lowest BCUT2D eigenvalue weighted by atomic mass is 9.95. The van der Waals surface area contributed by atoms with Gasteiger partial charge >= 0.3 is 0 Å². The minimum Gasteiger partial charge on any atom is -0.397 e. The monoisotopic (exact) mass is 337 g/mol. The predicted molar refractivity (Wildman–Crippen MR) is 79.0 cm³/mol. The lowest BCUT2D eigenvalue weighted by molar-refractivity contribution is -0.0770. The second-order valence-electron chi connectivity index (χ2n) is 5.16. The Morgan fingerprint density at radius 3 is 2.95 bits per heavy atom. The molecule has 3 rings (SSSR count). The minimum absolute atomic E-state index is 0.425. The lowest BCUT2D eigenvalue weighted by Gasteiger charge is -2.30. The maximum Gasteiger partial charge on any atom is 0.260 e. The van der Waals surface area contributed by atoms with Gasteiger partial charge in [-0.1, -0.05) is 11.2 Å². The van der Waals surface area contributed by atoms with Gasteiger partial charge in [0.15, 0.2) is 0 Å². The summed E-state index contributed by atoms with van der Waals surface area (Å²) in [6, 6.07) is 5.63. The van der Waals surface area contributed by atoms with Crippen LogP contribution < -0.4 is 5.73 Å². The summed E-state index contributed by atoms with van der Waals surface area (Å²) in [5.74, 6) is 1.01. The van der Waals surface area contributed by atoms with Crippen LogP contribution in [0.3, 0.4) is 0 Å². The van der Waals surface area contributed by atoms with Crippen molar-refractivity contribution in [1.82, 2.24) is 10.1 Å². The van der Waals surface area contributed by atoms with Crippen LogP contribution in [0.1, 0.15) is 32.0 Å². The van der Waals surface area contributed by atoms with E-state index in [4.69, 9.17) is 15.0 Å². The second-order valence-corrected chi connectivity index (χ2v) is 6.01. The van der Waals surface area contributed by atoms with Crippen molar-refractivity contribution in [2.75, 3.05) is 12.3 Å². The Labute approximate surface area is 125 Å². The number of para-hydroxylation sites is 1. The Morgan fingerprint density at radius 2 is 2.20 bits per heavy atom. The van der Waals surface area contributed by atoms with E-state index in [1.807, 2.05) is 25.1 Å². The number of benzene rings is 1. The van der Waals surface area contributed by atoms with Gasteiger partial charge in [-0.3, -0.25) is 0 Å². The minimum atomic E-state index is -0.458. The van der Waals surface area contributed by atoms with Crippen LogP contribution in [-0.4, -0.2) is 16.7 Å². The zero-order valence-electron chi connectivity index (χ0n) is 11.2. The first kappa shape index (κ1) is 13.6. The number of nitrogens with zero attached hydrogens (tertiary/aromatic N) is 2. The molecule has 1 fully saturated rings. The molecule has 1 saturated heterocycles. The van der Waals surface area contributed by atoms with E-state index in [1.54, 1.807) is 0 Å². The van der Waals surface area contributed by atoms with E-state index in [0.717, 1.165) is 35.9 Å². The first-order valence-corrected chi connectivity index (χ1v) is 7.42. The average molecular weight is 338 g/mol. The molecule has 1 aliphatic heterocycles. The molecule has 2 aromatic rings. The summed E-state index contributed by atoms with van der Waals surface area (Å²) >= 11 is 3.40. The average Bonchev–Trinajstić information content (AvgIpc) is 2.93. The van der Waals surface area contributed by atoms with Gasteiger partial charge < -0.3 is 15.0 Å². The SMILES string of the molecule is CC1(c2noc(-c3cccc(Br)c3N)n2)CCCCO1. The van der Waals surface area contributed by atoms with Crippen LogP contribution in [0, 0.1) is 0 Å². The van der Waals surface area contributed by atoms with Crippen LogP contribution in [0.25, 0.3) is 11.5 Å². The fourth-order valence-corrected chi connectivity index (χ4v) is 2.75. The molecule has 2 N–H and O–H groups in total. The highest BCUT2D eigenvalue weighted by atomic mass is 79.9. The Balaban J connectivity index is 1.96. The smallest absolute Gasteiger partial charge is 0.260 e.